The minimum atomic E-state index is -1.04. The molecule has 0 bridgehead atoms. The zero-order valence-electron chi connectivity index (χ0n) is 10.6. The minimum Gasteiger partial charge on any atom is -0.503 e. The number of carbonyl (C=O) groups is 1. The third kappa shape index (κ3) is 3.18. The topological polar surface area (TPSA) is 46.5 Å². The third-order valence-corrected chi connectivity index (χ3v) is 2.55. The second-order valence-corrected chi connectivity index (χ2v) is 4.69. The smallest absolute Gasteiger partial charge is 0.311 e. The molecule has 0 spiro atoms. The molecule has 0 aliphatic heterocycles. The van der Waals surface area contributed by atoms with Crippen LogP contribution < -0.4 is 0 Å². The predicted molar refractivity (Wildman–Crippen MR) is 62.1 cm³/mol. The van der Waals surface area contributed by atoms with Crippen LogP contribution in [0.3, 0.4) is 0 Å². The lowest BCUT2D eigenvalue weighted by molar-refractivity contribution is -0.153. The van der Waals surface area contributed by atoms with E-state index in [-0.39, 0.29) is 13.0 Å². The van der Waals surface area contributed by atoms with Gasteiger partial charge in [-0.2, -0.15) is 0 Å². The van der Waals surface area contributed by atoms with Gasteiger partial charge in [-0.3, -0.25) is 4.79 Å². The van der Waals surface area contributed by atoms with Crippen LogP contribution in [0.15, 0.2) is 12.1 Å². The van der Waals surface area contributed by atoms with Crippen LogP contribution in [-0.2, 0) is 16.0 Å². The maximum absolute atomic E-state index is 13.2. The first kappa shape index (κ1) is 14.4. The van der Waals surface area contributed by atoms with Gasteiger partial charge in [-0.15, -0.1) is 0 Å². The standard InChI is InChI=1S/C13H16F2O3/c1-4-18-12(17)13(2,3)7-8-5-9(14)11(16)10(15)6-8/h5-6,16H,4,7H2,1-3H3. The molecule has 0 aromatic heterocycles. The van der Waals surface area contributed by atoms with Crippen LogP contribution in [0, 0.1) is 17.0 Å². The lowest BCUT2D eigenvalue weighted by atomic mass is 9.86. The molecule has 0 atom stereocenters. The quantitative estimate of drug-likeness (QED) is 0.845. The number of carbonyl (C=O) groups excluding carboxylic acids is 1. The Morgan fingerprint density at radius 2 is 1.83 bits per heavy atom. The van der Waals surface area contributed by atoms with E-state index in [4.69, 9.17) is 9.84 Å². The van der Waals surface area contributed by atoms with Crippen molar-refractivity contribution in [2.24, 2.45) is 5.41 Å². The number of rotatable bonds is 4. The van der Waals surface area contributed by atoms with Crippen molar-refractivity contribution >= 4 is 5.97 Å². The lowest BCUT2D eigenvalue weighted by Gasteiger charge is -2.22. The maximum Gasteiger partial charge on any atom is 0.311 e. The summed E-state index contributed by atoms with van der Waals surface area (Å²) in [5.41, 5.74) is -0.591. The number of halogens is 2. The lowest BCUT2D eigenvalue weighted by Crippen LogP contribution is -2.29. The van der Waals surface area contributed by atoms with E-state index in [9.17, 15) is 13.6 Å². The molecule has 5 heteroatoms. The fourth-order valence-electron chi connectivity index (χ4n) is 1.63. The van der Waals surface area contributed by atoms with Crippen molar-refractivity contribution in [3.8, 4) is 5.75 Å². The van der Waals surface area contributed by atoms with E-state index in [2.05, 4.69) is 0 Å². The summed E-state index contributed by atoms with van der Waals surface area (Å²) in [6.07, 6.45) is 0.125. The van der Waals surface area contributed by atoms with Gasteiger partial charge in [0.25, 0.3) is 0 Å². The van der Waals surface area contributed by atoms with Crippen LogP contribution in [0.1, 0.15) is 26.3 Å². The minimum absolute atomic E-state index is 0.125. The van der Waals surface area contributed by atoms with Crippen LogP contribution in [0.2, 0.25) is 0 Å². The molecule has 1 aromatic carbocycles. The molecule has 1 N–H and O–H groups in total. The highest BCUT2D eigenvalue weighted by Gasteiger charge is 2.30. The number of phenols is 1. The Balaban J connectivity index is 2.94. The van der Waals surface area contributed by atoms with Gasteiger partial charge >= 0.3 is 5.97 Å². The first-order valence-electron chi connectivity index (χ1n) is 5.62. The van der Waals surface area contributed by atoms with Crippen molar-refractivity contribution in [1.29, 1.82) is 0 Å². The zero-order valence-corrected chi connectivity index (χ0v) is 10.6. The van der Waals surface area contributed by atoms with Crippen molar-refractivity contribution in [2.45, 2.75) is 27.2 Å². The maximum atomic E-state index is 13.2. The molecule has 0 saturated heterocycles. The van der Waals surface area contributed by atoms with Crippen LogP contribution in [0.4, 0.5) is 8.78 Å². The number of hydrogen-bond acceptors (Lipinski definition) is 3. The Morgan fingerprint density at radius 1 is 1.33 bits per heavy atom. The fourth-order valence-corrected chi connectivity index (χ4v) is 1.63. The Morgan fingerprint density at radius 3 is 2.28 bits per heavy atom. The highest BCUT2D eigenvalue weighted by molar-refractivity contribution is 5.76. The predicted octanol–water partition coefficient (Wildman–Crippen LogP) is 2.80. The van der Waals surface area contributed by atoms with E-state index in [1.54, 1.807) is 20.8 Å². The summed E-state index contributed by atoms with van der Waals surface area (Å²) in [6.45, 7) is 5.20. The molecule has 0 heterocycles. The van der Waals surface area contributed by atoms with Crippen molar-refractivity contribution in [2.75, 3.05) is 6.61 Å². The largest absolute Gasteiger partial charge is 0.503 e. The Kier molecular flexibility index (Phi) is 4.27. The van der Waals surface area contributed by atoms with Crippen LogP contribution >= 0.6 is 0 Å². The fraction of sp³-hybridized carbons (Fsp3) is 0.462. The van der Waals surface area contributed by atoms with Crippen molar-refractivity contribution in [1.82, 2.24) is 0 Å². The summed E-state index contributed by atoms with van der Waals surface area (Å²) in [6, 6.07) is 2.03. The number of hydrogen-bond donors (Lipinski definition) is 1. The van der Waals surface area contributed by atoms with Gasteiger partial charge in [-0.1, -0.05) is 0 Å². The van der Waals surface area contributed by atoms with E-state index in [0.717, 1.165) is 12.1 Å². The summed E-state index contributed by atoms with van der Waals surface area (Å²) < 4.78 is 31.2. The average molecular weight is 258 g/mol. The van der Waals surface area contributed by atoms with E-state index >= 15 is 0 Å². The summed E-state index contributed by atoms with van der Waals surface area (Å²) in [7, 11) is 0. The van der Waals surface area contributed by atoms with Gasteiger partial charge in [0.2, 0.25) is 0 Å². The Bertz CT molecular complexity index is 433. The molecular weight excluding hydrogens is 242 g/mol. The number of phenolic OH excluding ortho intramolecular Hbond substituents is 1. The van der Waals surface area contributed by atoms with Gasteiger partial charge < -0.3 is 9.84 Å². The van der Waals surface area contributed by atoms with Crippen molar-refractivity contribution in [3.05, 3.63) is 29.3 Å². The monoisotopic (exact) mass is 258 g/mol. The number of ether oxygens (including phenoxy) is 1. The molecule has 0 aliphatic carbocycles. The van der Waals surface area contributed by atoms with Gasteiger partial charge in [-0.25, -0.2) is 8.78 Å². The molecule has 0 fully saturated rings. The average Bonchev–Trinajstić information content (AvgIpc) is 2.25. The van der Waals surface area contributed by atoms with E-state index in [1.807, 2.05) is 0 Å². The Hall–Kier alpha value is -1.65. The highest BCUT2D eigenvalue weighted by atomic mass is 19.1. The molecule has 18 heavy (non-hydrogen) atoms. The number of esters is 1. The van der Waals surface area contributed by atoms with Gasteiger partial charge in [0, 0.05) is 0 Å². The molecule has 0 amide bonds. The molecule has 0 saturated carbocycles. The molecule has 0 unspecified atom stereocenters. The van der Waals surface area contributed by atoms with Gasteiger partial charge in [0.15, 0.2) is 17.4 Å². The van der Waals surface area contributed by atoms with Crippen LogP contribution in [0.25, 0.3) is 0 Å². The second-order valence-electron chi connectivity index (χ2n) is 4.69. The van der Waals surface area contributed by atoms with E-state index in [0.29, 0.717) is 5.56 Å². The molecule has 3 nitrogen and oxygen atoms in total. The first-order valence-corrected chi connectivity index (χ1v) is 5.62. The van der Waals surface area contributed by atoms with E-state index in [1.165, 1.54) is 0 Å². The Labute approximate surface area is 104 Å². The summed E-state index contributed by atoms with van der Waals surface area (Å²) in [5, 5.41) is 8.98. The molecule has 1 rings (SSSR count). The third-order valence-electron chi connectivity index (χ3n) is 2.55. The van der Waals surface area contributed by atoms with Gasteiger partial charge in [-0.05, 0) is 44.9 Å². The van der Waals surface area contributed by atoms with E-state index < -0.39 is 28.8 Å². The molecule has 0 radical (unpaired) electrons. The molecule has 0 aliphatic rings. The highest BCUT2D eigenvalue weighted by Crippen LogP contribution is 2.28. The van der Waals surface area contributed by atoms with Gasteiger partial charge in [0.1, 0.15) is 0 Å². The molecular formula is C13H16F2O3. The summed E-state index contributed by atoms with van der Waals surface area (Å²) in [4.78, 5) is 11.6. The second kappa shape index (κ2) is 5.33. The number of benzene rings is 1. The normalized spacial score (nSPS) is 11.4. The first-order chi connectivity index (χ1) is 8.27. The van der Waals surface area contributed by atoms with Crippen molar-refractivity contribution in [3.63, 3.8) is 0 Å². The molecule has 1 aromatic rings. The van der Waals surface area contributed by atoms with Gasteiger partial charge in [0.05, 0.1) is 12.0 Å². The zero-order chi connectivity index (χ0) is 13.9. The van der Waals surface area contributed by atoms with Crippen LogP contribution in [0.5, 0.6) is 5.75 Å². The van der Waals surface area contributed by atoms with Crippen molar-refractivity contribution < 1.29 is 23.4 Å². The SMILES string of the molecule is CCOC(=O)C(C)(C)Cc1cc(F)c(O)c(F)c1. The molecule has 100 valence electrons. The number of aromatic hydroxyl groups is 1. The summed E-state index contributed by atoms with van der Waals surface area (Å²) in [5.74, 6) is -3.51. The summed E-state index contributed by atoms with van der Waals surface area (Å²) >= 11 is 0. The van der Waals surface area contributed by atoms with Crippen LogP contribution in [-0.4, -0.2) is 17.7 Å².